The number of rotatable bonds is 4. The van der Waals surface area contributed by atoms with Crippen LogP contribution < -0.4 is 10.6 Å². The van der Waals surface area contributed by atoms with Gasteiger partial charge in [0.2, 0.25) is 11.8 Å². The van der Waals surface area contributed by atoms with Crippen LogP contribution in [0.2, 0.25) is 0 Å². The second-order valence-electron chi connectivity index (χ2n) is 8.30. The zero-order valence-electron chi connectivity index (χ0n) is 17.3. The number of anilines is 2. The fraction of sp³-hybridized carbons (Fsp3) is 0.429. The summed E-state index contributed by atoms with van der Waals surface area (Å²) in [6, 6.07) is 4.82. The molecule has 11 heteroatoms. The normalized spacial score (nSPS) is 20.8. The van der Waals surface area contributed by atoms with E-state index in [1.807, 2.05) is 4.68 Å². The van der Waals surface area contributed by atoms with E-state index in [2.05, 4.69) is 25.9 Å². The molecule has 1 unspecified atom stereocenters. The van der Waals surface area contributed by atoms with Gasteiger partial charge in [-0.3, -0.25) is 9.48 Å². The van der Waals surface area contributed by atoms with E-state index in [9.17, 15) is 18.0 Å². The second-order valence-corrected chi connectivity index (χ2v) is 8.30. The van der Waals surface area contributed by atoms with E-state index in [1.165, 1.54) is 12.1 Å². The Bertz CT molecular complexity index is 1170. The number of aryl methyl sites for hydroxylation is 1. The Labute approximate surface area is 181 Å². The number of amides is 1. The van der Waals surface area contributed by atoms with Crippen LogP contribution in [-0.4, -0.2) is 32.4 Å². The van der Waals surface area contributed by atoms with E-state index in [0.717, 1.165) is 43.6 Å². The molecule has 8 nitrogen and oxygen atoms in total. The molecule has 2 aliphatic rings. The fourth-order valence-electron chi connectivity index (χ4n) is 4.14. The van der Waals surface area contributed by atoms with Gasteiger partial charge in [0.1, 0.15) is 5.41 Å². The van der Waals surface area contributed by atoms with Gasteiger partial charge < -0.3 is 15.1 Å². The molecule has 4 heterocycles. The van der Waals surface area contributed by atoms with Gasteiger partial charge in [-0.25, -0.2) is 0 Å². The molecule has 1 aromatic carbocycles. The number of carbonyl (C=O) groups is 1. The molecular weight excluding hydrogens is 425 g/mol. The Morgan fingerprint density at radius 1 is 1.19 bits per heavy atom. The number of halogens is 3. The first-order valence-electron chi connectivity index (χ1n) is 10.4. The highest BCUT2D eigenvalue weighted by atomic mass is 19.4. The molecule has 1 fully saturated rings. The third-order valence-electron chi connectivity index (χ3n) is 6.08. The SMILES string of the molecule is CC1(c2nnc(-c3nn4c(c3Nc3ccc(C(F)(F)F)cc3)CCCC4)o2)CCNC1=O. The number of nitrogens with one attached hydrogen (secondary N) is 2. The highest BCUT2D eigenvalue weighted by Crippen LogP contribution is 2.38. The molecule has 1 amide bonds. The maximum absolute atomic E-state index is 12.9. The molecule has 32 heavy (non-hydrogen) atoms. The van der Waals surface area contributed by atoms with Crippen LogP contribution in [0, 0.1) is 0 Å². The van der Waals surface area contributed by atoms with Crippen molar-refractivity contribution in [1.29, 1.82) is 0 Å². The number of aromatic nitrogens is 4. The number of fused-ring (bicyclic) bond motifs is 1. The van der Waals surface area contributed by atoms with E-state index in [1.54, 1.807) is 6.92 Å². The van der Waals surface area contributed by atoms with Gasteiger partial charge >= 0.3 is 6.18 Å². The summed E-state index contributed by atoms with van der Waals surface area (Å²) in [6.45, 7) is 3.01. The third-order valence-corrected chi connectivity index (χ3v) is 6.08. The van der Waals surface area contributed by atoms with Crippen LogP contribution in [0.15, 0.2) is 28.7 Å². The van der Waals surface area contributed by atoms with Crippen molar-refractivity contribution < 1.29 is 22.4 Å². The van der Waals surface area contributed by atoms with Gasteiger partial charge in [0, 0.05) is 18.8 Å². The molecule has 0 aliphatic carbocycles. The molecule has 0 bridgehead atoms. The van der Waals surface area contributed by atoms with Crippen LogP contribution in [0.4, 0.5) is 24.5 Å². The number of benzene rings is 1. The molecule has 168 valence electrons. The lowest BCUT2D eigenvalue weighted by Gasteiger charge is -2.15. The molecule has 2 aromatic heterocycles. The minimum Gasteiger partial charge on any atom is -0.418 e. The second kappa shape index (κ2) is 7.35. The van der Waals surface area contributed by atoms with Crippen molar-refractivity contribution >= 4 is 17.3 Å². The van der Waals surface area contributed by atoms with Crippen molar-refractivity contribution in [3.05, 3.63) is 41.4 Å². The van der Waals surface area contributed by atoms with Crippen LogP contribution in [-0.2, 0) is 29.4 Å². The van der Waals surface area contributed by atoms with E-state index >= 15 is 0 Å². The first-order valence-corrected chi connectivity index (χ1v) is 10.4. The Balaban J connectivity index is 1.52. The predicted octanol–water partition coefficient (Wildman–Crippen LogP) is 3.81. The van der Waals surface area contributed by atoms with Crippen molar-refractivity contribution in [2.75, 3.05) is 11.9 Å². The highest BCUT2D eigenvalue weighted by Gasteiger charge is 2.44. The largest absolute Gasteiger partial charge is 0.418 e. The van der Waals surface area contributed by atoms with Crippen molar-refractivity contribution in [3.8, 4) is 11.6 Å². The fourth-order valence-corrected chi connectivity index (χ4v) is 4.14. The molecule has 2 aliphatic heterocycles. The number of carbonyl (C=O) groups excluding carboxylic acids is 1. The number of nitrogens with zero attached hydrogens (tertiary/aromatic N) is 4. The summed E-state index contributed by atoms with van der Waals surface area (Å²) in [5.41, 5.74) is 0.845. The summed E-state index contributed by atoms with van der Waals surface area (Å²) >= 11 is 0. The van der Waals surface area contributed by atoms with Gasteiger partial charge in [-0.05, 0) is 56.9 Å². The topological polar surface area (TPSA) is 97.9 Å². The maximum Gasteiger partial charge on any atom is 0.416 e. The van der Waals surface area contributed by atoms with Gasteiger partial charge in [-0.15, -0.1) is 10.2 Å². The monoisotopic (exact) mass is 446 g/mol. The summed E-state index contributed by atoms with van der Waals surface area (Å²) in [4.78, 5) is 12.3. The quantitative estimate of drug-likeness (QED) is 0.633. The third kappa shape index (κ3) is 3.41. The van der Waals surface area contributed by atoms with Crippen molar-refractivity contribution in [1.82, 2.24) is 25.3 Å². The Morgan fingerprint density at radius 3 is 2.66 bits per heavy atom. The van der Waals surface area contributed by atoms with Gasteiger partial charge in [0.25, 0.3) is 5.89 Å². The van der Waals surface area contributed by atoms with Crippen LogP contribution in [0.1, 0.15) is 43.3 Å². The predicted molar refractivity (Wildman–Crippen MR) is 108 cm³/mol. The summed E-state index contributed by atoms with van der Waals surface area (Å²) in [5.74, 6) is 0.214. The molecule has 3 aromatic rings. The van der Waals surface area contributed by atoms with E-state index in [-0.39, 0.29) is 17.7 Å². The molecule has 2 N–H and O–H groups in total. The standard InChI is InChI=1S/C21H21F3N6O2/c1-20(9-10-25-18(20)31)19-28-27-17(32-19)16-15(14-4-2-3-11-30(14)29-16)26-13-7-5-12(6-8-13)21(22,23)24/h5-8,26H,2-4,9-11H2,1H3,(H,25,31). The summed E-state index contributed by atoms with van der Waals surface area (Å²) < 4.78 is 46.5. The highest BCUT2D eigenvalue weighted by molar-refractivity contribution is 5.88. The summed E-state index contributed by atoms with van der Waals surface area (Å²) in [6.07, 6.45) is -1.15. The lowest BCUT2D eigenvalue weighted by Crippen LogP contribution is -2.32. The van der Waals surface area contributed by atoms with E-state index < -0.39 is 17.2 Å². The van der Waals surface area contributed by atoms with Gasteiger partial charge in [-0.1, -0.05) is 0 Å². The molecule has 0 saturated carbocycles. The minimum atomic E-state index is -4.40. The van der Waals surface area contributed by atoms with Crippen molar-refractivity contribution in [2.45, 2.75) is 50.7 Å². The first-order chi connectivity index (χ1) is 15.3. The van der Waals surface area contributed by atoms with E-state index in [4.69, 9.17) is 4.42 Å². The van der Waals surface area contributed by atoms with Crippen LogP contribution in [0.3, 0.4) is 0 Å². The number of hydrogen-bond acceptors (Lipinski definition) is 6. The van der Waals surface area contributed by atoms with Gasteiger partial charge in [0.05, 0.1) is 16.9 Å². The zero-order valence-corrected chi connectivity index (χ0v) is 17.3. The molecule has 1 atom stereocenters. The Kier molecular flexibility index (Phi) is 4.72. The van der Waals surface area contributed by atoms with Gasteiger partial charge in [0.15, 0.2) is 5.69 Å². The number of hydrogen-bond donors (Lipinski definition) is 2. The molecule has 0 radical (unpaired) electrons. The lowest BCUT2D eigenvalue weighted by molar-refractivity contribution is -0.137. The number of alkyl halides is 3. The summed E-state index contributed by atoms with van der Waals surface area (Å²) in [7, 11) is 0. The van der Waals surface area contributed by atoms with Crippen molar-refractivity contribution in [2.24, 2.45) is 0 Å². The van der Waals surface area contributed by atoms with E-state index in [0.29, 0.717) is 30.0 Å². The molecule has 0 spiro atoms. The zero-order chi connectivity index (χ0) is 22.5. The molecular formula is C21H21F3N6O2. The average Bonchev–Trinajstić information content (AvgIpc) is 3.47. The van der Waals surface area contributed by atoms with Crippen LogP contribution >= 0.6 is 0 Å². The minimum absolute atomic E-state index is 0.164. The lowest BCUT2D eigenvalue weighted by atomic mass is 9.89. The molecule has 1 saturated heterocycles. The average molecular weight is 446 g/mol. The Hall–Kier alpha value is -3.37. The van der Waals surface area contributed by atoms with Crippen LogP contribution in [0.25, 0.3) is 11.6 Å². The maximum atomic E-state index is 12.9. The first kappa shape index (κ1) is 20.5. The Morgan fingerprint density at radius 2 is 1.97 bits per heavy atom. The summed E-state index contributed by atoms with van der Waals surface area (Å²) in [5, 5.41) is 18.9. The van der Waals surface area contributed by atoms with Gasteiger partial charge in [-0.2, -0.15) is 18.3 Å². The van der Waals surface area contributed by atoms with Crippen molar-refractivity contribution in [3.63, 3.8) is 0 Å². The van der Waals surface area contributed by atoms with Crippen LogP contribution in [0.5, 0.6) is 0 Å². The molecule has 5 rings (SSSR count). The smallest absolute Gasteiger partial charge is 0.416 e.